The molecular weight excluding hydrogens is 1040 g/mol. The Bertz CT molecular complexity index is 4700. The van der Waals surface area contributed by atoms with Crippen molar-refractivity contribution in [3.63, 3.8) is 0 Å². The fourth-order valence-electron chi connectivity index (χ4n) is 13.5. The lowest BCUT2D eigenvalue weighted by atomic mass is 9.69. The highest BCUT2D eigenvalue weighted by atomic mass is 15.2. The quantitative estimate of drug-likeness (QED) is 0.147. The number of nitrogens with zero attached hydrogens (tertiary/aromatic N) is 12. The van der Waals surface area contributed by atoms with Crippen LogP contribution in [0, 0.1) is 0 Å². The third-order valence-electron chi connectivity index (χ3n) is 17.0. The molecule has 0 atom stereocenters. The zero-order valence-corrected chi connectivity index (χ0v) is 45.3. The number of rotatable bonds is 8. The Morgan fingerprint density at radius 3 is 0.706 bits per heavy atom. The van der Waals surface area contributed by atoms with Crippen molar-refractivity contribution in [2.24, 2.45) is 0 Å². The number of para-hydroxylation sites is 4. The number of benzene rings is 8. The van der Waals surface area contributed by atoms with Crippen LogP contribution in [0.5, 0.6) is 0 Å². The molecule has 0 bridgehead atoms. The average molecular weight is 1090 g/mol. The molecule has 0 amide bonds. The molecule has 12 nitrogen and oxygen atoms in total. The minimum atomic E-state index is -0.971. The fraction of sp³-hybridized carbons (Fsp3) is 0.0137. The molecule has 0 fully saturated rings. The van der Waals surface area contributed by atoms with Gasteiger partial charge in [0, 0.05) is 69.8 Å². The highest BCUT2D eigenvalue weighted by Gasteiger charge is 2.53. The van der Waals surface area contributed by atoms with E-state index in [4.69, 9.17) is 39.9 Å². The van der Waals surface area contributed by atoms with Gasteiger partial charge in [0.2, 0.25) is 0 Å². The molecule has 85 heavy (non-hydrogen) atoms. The van der Waals surface area contributed by atoms with Crippen molar-refractivity contribution in [3.05, 3.63) is 290 Å². The molecule has 1 spiro atoms. The maximum Gasteiger partial charge on any atom is 0.164 e. The lowest BCUT2D eigenvalue weighted by Crippen LogP contribution is -2.26. The van der Waals surface area contributed by atoms with Crippen molar-refractivity contribution < 1.29 is 0 Å². The molecule has 396 valence electrons. The molecule has 16 aromatic rings. The van der Waals surface area contributed by atoms with E-state index in [9.17, 15) is 0 Å². The van der Waals surface area contributed by atoms with Crippen LogP contribution in [0.2, 0.25) is 0 Å². The molecule has 0 N–H and O–H groups in total. The smallest absolute Gasteiger partial charge is 0.164 e. The molecular formula is C73H44N12. The molecule has 8 aromatic carbocycles. The normalized spacial score (nSPS) is 12.8. The van der Waals surface area contributed by atoms with Gasteiger partial charge in [-0.05, 0) is 166 Å². The van der Waals surface area contributed by atoms with Gasteiger partial charge in [0.05, 0.1) is 5.41 Å². The largest absolute Gasteiger partial charge is 0.277 e. The van der Waals surface area contributed by atoms with Crippen LogP contribution in [-0.2, 0) is 5.41 Å². The number of pyridine rings is 4. The van der Waals surface area contributed by atoms with E-state index < -0.39 is 5.41 Å². The molecule has 18 rings (SSSR count). The lowest BCUT2D eigenvalue weighted by molar-refractivity contribution is 0.793. The second-order valence-corrected chi connectivity index (χ2v) is 21.6. The monoisotopic (exact) mass is 1090 g/mol. The molecule has 2 aliphatic carbocycles. The van der Waals surface area contributed by atoms with Crippen LogP contribution in [-0.4, -0.2) is 58.1 Å². The van der Waals surface area contributed by atoms with Gasteiger partial charge in [-0.15, -0.1) is 0 Å². The highest BCUT2D eigenvalue weighted by molar-refractivity contribution is 5.99. The third kappa shape index (κ3) is 6.84. The first-order valence-electron chi connectivity index (χ1n) is 28.3. The molecule has 0 saturated carbocycles. The van der Waals surface area contributed by atoms with E-state index in [-0.39, 0.29) is 0 Å². The summed E-state index contributed by atoms with van der Waals surface area (Å²) in [6, 6.07) is 85.3. The van der Waals surface area contributed by atoms with Gasteiger partial charge in [-0.1, -0.05) is 121 Å². The third-order valence-corrected chi connectivity index (χ3v) is 17.0. The topological polar surface area (TPSA) is 123 Å². The summed E-state index contributed by atoms with van der Waals surface area (Å²) < 4.78 is 8.73. The summed E-state index contributed by atoms with van der Waals surface area (Å²) in [6.07, 6.45) is 7.36. The molecule has 0 radical (unpaired) electrons. The molecule has 8 aromatic heterocycles. The number of fused-ring (bicyclic) bond motifs is 14. The predicted octanol–water partition coefficient (Wildman–Crippen LogP) is 15.6. The van der Waals surface area contributed by atoms with Crippen molar-refractivity contribution in [1.82, 2.24) is 58.1 Å². The average Bonchev–Trinajstić information content (AvgIpc) is 1.53. The summed E-state index contributed by atoms with van der Waals surface area (Å²) in [7, 11) is 0. The summed E-state index contributed by atoms with van der Waals surface area (Å²) in [6.45, 7) is 0. The number of hydrogen-bond donors (Lipinski definition) is 0. The minimum Gasteiger partial charge on any atom is -0.277 e. The standard InChI is InChI=1S/C73H44N12/c1-5-17-49(18-6-1)82-65(78-61-25-13-37-74-69(61)82)45-29-33-53-54-34-30-46(66-79-62-26-14-38-75-70(62)83(66)50-19-7-2-8-20-50)42-58(54)73(57(53)41-45)59-43-47(67-80-63-27-15-39-76-71(63)84(67)51-21-9-3-10-22-51)31-35-55(59)56-36-32-48(44-60(56)73)68-81-64-28-16-40-77-72(64)85(68)52-23-11-4-12-24-52/h1-44H. The van der Waals surface area contributed by atoms with E-state index in [0.29, 0.717) is 0 Å². The second-order valence-electron chi connectivity index (χ2n) is 21.6. The van der Waals surface area contributed by atoms with Crippen molar-refractivity contribution in [3.8, 4) is 90.6 Å². The van der Waals surface area contributed by atoms with Crippen LogP contribution >= 0.6 is 0 Å². The van der Waals surface area contributed by atoms with Crippen molar-refractivity contribution >= 4 is 44.7 Å². The van der Waals surface area contributed by atoms with Crippen LogP contribution in [0.4, 0.5) is 0 Å². The molecule has 2 aliphatic rings. The summed E-state index contributed by atoms with van der Waals surface area (Å²) in [5.74, 6) is 3.14. The Morgan fingerprint density at radius 1 is 0.235 bits per heavy atom. The Hall–Kier alpha value is -11.8. The Labute approximate surface area is 486 Å². The first-order valence-corrected chi connectivity index (χ1v) is 28.3. The summed E-state index contributed by atoms with van der Waals surface area (Å²) in [5, 5.41) is 0. The van der Waals surface area contributed by atoms with Gasteiger partial charge in [0.15, 0.2) is 22.6 Å². The van der Waals surface area contributed by atoms with Gasteiger partial charge in [-0.25, -0.2) is 39.9 Å². The SMILES string of the molecule is c1ccc(-n2c(-c3ccc4c(c3)C3(c5cc(-c6nc7cccnc7n6-c6ccccc6)ccc5-4)c4cc(-c5nc6cccnc6n5-c5ccccc5)ccc4-c4ccc(-c5nc6cccnc6n5-c5ccccc5)cc43)nc3cccnc32)cc1. The van der Waals surface area contributed by atoms with Crippen LogP contribution in [0.25, 0.3) is 135 Å². The van der Waals surface area contributed by atoms with Crippen LogP contribution < -0.4 is 0 Å². The van der Waals surface area contributed by atoms with Gasteiger partial charge in [0.1, 0.15) is 45.4 Å². The van der Waals surface area contributed by atoms with Crippen LogP contribution in [0.3, 0.4) is 0 Å². The molecule has 0 aliphatic heterocycles. The van der Waals surface area contributed by atoms with Gasteiger partial charge < -0.3 is 0 Å². The molecule has 12 heteroatoms. The van der Waals surface area contributed by atoms with E-state index in [0.717, 1.165) is 157 Å². The fourth-order valence-corrected chi connectivity index (χ4v) is 13.5. The van der Waals surface area contributed by atoms with Gasteiger partial charge in [-0.3, -0.25) is 18.3 Å². The van der Waals surface area contributed by atoms with Gasteiger partial charge in [0.25, 0.3) is 0 Å². The Kier molecular flexibility index (Phi) is 10.0. The first kappa shape index (κ1) is 46.9. The molecule has 8 heterocycles. The summed E-state index contributed by atoms with van der Waals surface area (Å²) >= 11 is 0. The number of aromatic nitrogens is 12. The number of imidazole rings is 4. The molecule has 0 saturated heterocycles. The van der Waals surface area contributed by atoms with Gasteiger partial charge >= 0.3 is 0 Å². The van der Waals surface area contributed by atoms with E-state index in [1.807, 2.05) is 97.6 Å². The van der Waals surface area contributed by atoms with Crippen LogP contribution in [0.15, 0.2) is 267 Å². The predicted molar refractivity (Wildman–Crippen MR) is 334 cm³/mol. The zero-order valence-electron chi connectivity index (χ0n) is 45.3. The Balaban J connectivity index is 0.968. The molecule has 0 unspecified atom stereocenters. The summed E-state index contributed by atoms with van der Waals surface area (Å²) in [4.78, 5) is 41.5. The highest BCUT2D eigenvalue weighted by Crippen LogP contribution is 2.64. The van der Waals surface area contributed by atoms with Crippen LogP contribution in [0.1, 0.15) is 22.3 Å². The van der Waals surface area contributed by atoms with Crippen molar-refractivity contribution in [2.45, 2.75) is 5.41 Å². The number of hydrogen-bond acceptors (Lipinski definition) is 8. The second kappa shape index (κ2) is 18.1. The van der Waals surface area contributed by atoms with E-state index in [1.165, 1.54) is 0 Å². The maximum atomic E-state index is 5.43. The zero-order chi connectivity index (χ0) is 55.7. The van der Waals surface area contributed by atoms with E-state index in [2.05, 4.69) is 188 Å². The minimum absolute atomic E-state index is 0.778. The lowest BCUT2D eigenvalue weighted by Gasteiger charge is -2.31. The van der Waals surface area contributed by atoms with E-state index >= 15 is 0 Å². The maximum absolute atomic E-state index is 5.43. The van der Waals surface area contributed by atoms with E-state index in [1.54, 1.807) is 0 Å². The first-order chi connectivity index (χ1) is 42.2. The van der Waals surface area contributed by atoms with Crippen molar-refractivity contribution in [2.75, 3.05) is 0 Å². The Morgan fingerprint density at radius 2 is 0.471 bits per heavy atom. The van der Waals surface area contributed by atoms with Crippen molar-refractivity contribution in [1.29, 1.82) is 0 Å². The van der Waals surface area contributed by atoms with Gasteiger partial charge in [-0.2, -0.15) is 0 Å². The summed E-state index contributed by atoms with van der Waals surface area (Å²) in [5.41, 5.74) is 21.9.